The van der Waals surface area contributed by atoms with Gasteiger partial charge in [-0.15, -0.1) is 0 Å². The van der Waals surface area contributed by atoms with Crippen molar-refractivity contribution >= 4 is 0 Å². The summed E-state index contributed by atoms with van der Waals surface area (Å²) in [7, 11) is 0. The Balaban J connectivity index is 1.48. The van der Waals surface area contributed by atoms with Gasteiger partial charge in [-0.3, -0.25) is 4.90 Å². The largest absolute Gasteiger partial charge is 0.310 e. The molecule has 4 fully saturated rings. The number of rotatable bonds is 1. The molecule has 78 valence electrons. The Morgan fingerprint density at radius 1 is 1.07 bits per heavy atom. The molecule has 1 N–H and O–H groups in total. The number of nitrogens with one attached hydrogen (secondary N) is 1. The molecule has 0 aromatic heterocycles. The van der Waals surface area contributed by atoms with Crippen molar-refractivity contribution < 1.29 is 0 Å². The highest BCUT2D eigenvalue weighted by Gasteiger charge is 2.67. The maximum absolute atomic E-state index is 3.74. The highest BCUT2D eigenvalue weighted by molar-refractivity contribution is 5.26. The van der Waals surface area contributed by atoms with E-state index in [-0.39, 0.29) is 0 Å². The van der Waals surface area contributed by atoms with Crippen LogP contribution in [0.5, 0.6) is 0 Å². The first kappa shape index (κ1) is 8.12. The van der Waals surface area contributed by atoms with E-state index in [9.17, 15) is 0 Å². The van der Waals surface area contributed by atoms with Crippen molar-refractivity contribution in [2.75, 3.05) is 13.1 Å². The van der Waals surface area contributed by atoms with Gasteiger partial charge in [0.15, 0.2) is 0 Å². The van der Waals surface area contributed by atoms with E-state index >= 15 is 0 Å². The van der Waals surface area contributed by atoms with Gasteiger partial charge in [-0.1, -0.05) is 12.8 Å². The Bertz CT molecular complexity index is 233. The Morgan fingerprint density at radius 3 is 2.64 bits per heavy atom. The zero-order valence-electron chi connectivity index (χ0n) is 8.89. The van der Waals surface area contributed by atoms with Crippen molar-refractivity contribution in [1.82, 2.24) is 10.2 Å². The number of hydrogen-bond donors (Lipinski definition) is 1. The fourth-order valence-corrected chi connectivity index (χ4v) is 4.18. The van der Waals surface area contributed by atoms with Crippen LogP contribution in [0.1, 0.15) is 44.9 Å². The Labute approximate surface area is 86.0 Å². The van der Waals surface area contributed by atoms with Crippen LogP contribution in [0.15, 0.2) is 0 Å². The van der Waals surface area contributed by atoms with Crippen LogP contribution in [-0.2, 0) is 0 Å². The molecule has 2 spiro atoms. The molecule has 2 aliphatic carbocycles. The van der Waals surface area contributed by atoms with E-state index in [0.717, 1.165) is 11.6 Å². The Morgan fingerprint density at radius 2 is 1.93 bits per heavy atom. The van der Waals surface area contributed by atoms with Gasteiger partial charge in [0.25, 0.3) is 0 Å². The second-order valence-electron chi connectivity index (χ2n) is 5.97. The molecule has 4 aliphatic rings. The first-order chi connectivity index (χ1) is 6.85. The summed E-state index contributed by atoms with van der Waals surface area (Å²) >= 11 is 0. The standard InChI is InChI=1S/C12H20N2/c1-2-5-11(4-1)9-14(11)10-8-12(10)6-3-7-13-12/h10,13H,1-9H2. The topological polar surface area (TPSA) is 15.0 Å². The van der Waals surface area contributed by atoms with Crippen LogP contribution in [-0.4, -0.2) is 35.1 Å². The molecule has 2 saturated carbocycles. The van der Waals surface area contributed by atoms with Crippen molar-refractivity contribution in [3.63, 3.8) is 0 Å². The van der Waals surface area contributed by atoms with Gasteiger partial charge in [0.2, 0.25) is 0 Å². The summed E-state index contributed by atoms with van der Waals surface area (Å²) < 4.78 is 0. The summed E-state index contributed by atoms with van der Waals surface area (Å²) in [5, 5.41) is 3.74. The SMILES string of the molecule is C1CNC2(C1)CC2N1CC12CCCC2. The van der Waals surface area contributed by atoms with E-state index in [1.165, 1.54) is 58.0 Å². The van der Waals surface area contributed by atoms with E-state index < -0.39 is 0 Å². The average Bonchev–Trinajstić information content (AvgIpc) is 2.82. The van der Waals surface area contributed by atoms with Gasteiger partial charge in [0.05, 0.1) is 0 Å². The fourth-order valence-electron chi connectivity index (χ4n) is 4.18. The van der Waals surface area contributed by atoms with Crippen molar-refractivity contribution in [3.05, 3.63) is 0 Å². The van der Waals surface area contributed by atoms with Crippen molar-refractivity contribution in [2.24, 2.45) is 0 Å². The number of nitrogens with zero attached hydrogens (tertiary/aromatic N) is 1. The predicted octanol–water partition coefficient (Wildman–Crippen LogP) is 1.51. The smallest absolute Gasteiger partial charge is 0.0354 e. The Kier molecular flexibility index (Phi) is 1.37. The molecule has 14 heavy (non-hydrogen) atoms. The van der Waals surface area contributed by atoms with Crippen LogP contribution in [0.4, 0.5) is 0 Å². The predicted molar refractivity (Wildman–Crippen MR) is 56.3 cm³/mol. The second kappa shape index (κ2) is 2.35. The minimum atomic E-state index is 0.603. The molecule has 2 nitrogen and oxygen atoms in total. The summed E-state index contributed by atoms with van der Waals surface area (Å²) in [6, 6.07) is 0.933. The van der Waals surface area contributed by atoms with Crippen LogP contribution in [0.2, 0.25) is 0 Å². The van der Waals surface area contributed by atoms with Crippen LogP contribution in [0.25, 0.3) is 0 Å². The molecular weight excluding hydrogens is 172 g/mol. The summed E-state index contributed by atoms with van der Waals surface area (Å²) in [5.74, 6) is 0. The van der Waals surface area contributed by atoms with E-state index in [2.05, 4.69) is 10.2 Å². The van der Waals surface area contributed by atoms with Gasteiger partial charge < -0.3 is 5.32 Å². The van der Waals surface area contributed by atoms with E-state index in [4.69, 9.17) is 0 Å². The molecule has 2 heteroatoms. The molecule has 2 aliphatic heterocycles. The van der Waals surface area contributed by atoms with Crippen LogP contribution < -0.4 is 5.32 Å². The summed E-state index contributed by atoms with van der Waals surface area (Å²) in [6.07, 6.45) is 10.3. The van der Waals surface area contributed by atoms with Crippen molar-refractivity contribution in [1.29, 1.82) is 0 Å². The molecule has 0 aromatic rings. The normalized spacial score (nSPS) is 53.1. The summed E-state index contributed by atoms with van der Waals surface area (Å²) in [4.78, 5) is 2.83. The van der Waals surface area contributed by atoms with Gasteiger partial charge in [-0.25, -0.2) is 0 Å². The van der Waals surface area contributed by atoms with Crippen molar-refractivity contribution in [3.8, 4) is 0 Å². The Hall–Kier alpha value is -0.0800. The first-order valence-electron chi connectivity index (χ1n) is 6.37. The zero-order valence-corrected chi connectivity index (χ0v) is 8.89. The van der Waals surface area contributed by atoms with Gasteiger partial charge in [0, 0.05) is 23.7 Å². The lowest BCUT2D eigenvalue weighted by molar-refractivity contribution is 0.360. The monoisotopic (exact) mass is 192 g/mol. The fraction of sp³-hybridized carbons (Fsp3) is 1.00. The van der Waals surface area contributed by atoms with E-state index in [1.54, 1.807) is 0 Å². The van der Waals surface area contributed by atoms with Crippen molar-refractivity contribution in [2.45, 2.75) is 62.1 Å². The highest BCUT2D eigenvalue weighted by atomic mass is 15.4. The minimum Gasteiger partial charge on any atom is -0.310 e. The molecule has 3 unspecified atom stereocenters. The summed E-state index contributed by atoms with van der Waals surface area (Å²) in [6.45, 7) is 2.71. The molecule has 0 bridgehead atoms. The van der Waals surface area contributed by atoms with E-state index in [0.29, 0.717) is 5.54 Å². The quantitative estimate of drug-likeness (QED) is 0.633. The van der Waals surface area contributed by atoms with Crippen LogP contribution in [0.3, 0.4) is 0 Å². The second-order valence-corrected chi connectivity index (χ2v) is 5.97. The maximum atomic E-state index is 3.74. The third kappa shape index (κ3) is 0.892. The average molecular weight is 192 g/mol. The molecule has 3 atom stereocenters. The number of hydrogen-bond acceptors (Lipinski definition) is 2. The van der Waals surface area contributed by atoms with Gasteiger partial charge in [-0.2, -0.15) is 0 Å². The molecule has 0 aromatic carbocycles. The molecule has 2 heterocycles. The highest BCUT2D eigenvalue weighted by Crippen LogP contribution is 2.58. The zero-order chi connectivity index (χ0) is 9.23. The lowest BCUT2D eigenvalue weighted by Crippen LogP contribution is -2.32. The minimum absolute atomic E-state index is 0.603. The van der Waals surface area contributed by atoms with Gasteiger partial charge in [-0.05, 0) is 38.6 Å². The molecule has 0 amide bonds. The van der Waals surface area contributed by atoms with Gasteiger partial charge >= 0.3 is 0 Å². The van der Waals surface area contributed by atoms with Crippen LogP contribution in [0, 0.1) is 0 Å². The van der Waals surface area contributed by atoms with Crippen LogP contribution >= 0.6 is 0 Å². The molecular formula is C12H20N2. The molecule has 4 rings (SSSR count). The molecule has 0 radical (unpaired) electrons. The lowest BCUT2D eigenvalue weighted by atomic mass is 10.1. The lowest BCUT2D eigenvalue weighted by Gasteiger charge is -2.14. The maximum Gasteiger partial charge on any atom is 0.0354 e. The first-order valence-corrected chi connectivity index (χ1v) is 6.37. The molecule has 2 saturated heterocycles. The third-order valence-electron chi connectivity index (χ3n) is 5.19. The van der Waals surface area contributed by atoms with Gasteiger partial charge in [0.1, 0.15) is 0 Å². The van der Waals surface area contributed by atoms with E-state index in [1.807, 2.05) is 0 Å². The summed E-state index contributed by atoms with van der Waals surface area (Å²) in [5.41, 5.74) is 1.32. The third-order valence-corrected chi connectivity index (χ3v) is 5.19.